The van der Waals surface area contributed by atoms with Crippen molar-refractivity contribution in [3.8, 4) is 0 Å². The molecule has 6 heteroatoms. The summed E-state index contributed by atoms with van der Waals surface area (Å²) in [5, 5.41) is 6.59. The molecule has 0 radical (unpaired) electrons. The number of nitrogens with zero attached hydrogens (tertiary/aromatic N) is 1. The third-order valence-electron chi connectivity index (χ3n) is 4.07. The number of carbonyl (C=O) groups is 2. The molecule has 24 heavy (non-hydrogen) atoms. The second kappa shape index (κ2) is 6.05. The van der Waals surface area contributed by atoms with Crippen molar-refractivity contribution in [3.63, 3.8) is 0 Å². The Morgan fingerprint density at radius 3 is 2.88 bits per heavy atom. The third kappa shape index (κ3) is 2.76. The number of para-hydroxylation sites is 2. The number of nitrogens with one attached hydrogen (secondary N) is 2. The Bertz CT molecular complexity index is 902. The first-order valence-electron chi connectivity index (χ1n) is 7.71. The lowest BCUT2D eigenvalue weighted by Crippen LogP contribution is -2.34. The van der Waals surface area contributed by atoms with Gasteiger partial charge in [-0.2, -0.15) is 0 Å². The van der Waals surface area contributed by atoms with Crippen molar-refractivity contribution < 1.29 is 9.59 Å². The maximum atomic E-state index is 12.6. The van der Waals surface area contributed by atoms with E-state index in [1.54, 1.807) is 11.3 Å². The summed E-state index contributed by atoms with van der Waals surface area (Å²) >= 11 is 1.57. The number of thiazole rings is 1. The maximum absolute atomic E-state index is 12.6. The monoisotopic (exact) mass is 337 g/mol. The predicted octanol–water partition coefficient (Wildman–Crippen LogP) is 3.04. The highest BCUT2D eigenvalue weighted by Crippen LogP contribution is 2.32. The molecule has 2 N–H and O–H groups in total. The van der Waals surface area contributed by atoms with E-state index in [-0.39, 0.29) is 18.2 Å². The van der Waals surface area contributed by atoms with E-state index in [0.717, 1.165) is 20.8 Å². The normalized spacial score (nSPS) is 16.5. The van der Waals surface area contributed by atoms with Gasteiger partial charge >= 0.3 is 0 Å². The molecule has 1 aliphatic rings. The molecule has 4 rings (SSSR count). The number of hydrogen-bond donors (Lipinski definition) is 2. The Balaban J connectivity index is 1.51. The minimum Gasteiger partial charge on any atom is -0.349 e. The van der Waals surface area contributed by atoms with Crippen molar-refractivity contribution in [2.24, 2.45) is 0 Å². The molecule has 1 aliphatic heterocycles. The molecule has 3 aromatic rings. The molecule has 0 saturated carbocycles. The van der Waals surface area contributed by atoms with Gasteiger partial charge in [-0.3, -0.25) is 9.59 Å². The van der Waals surface area contributed by atoms with Gasteiger partial charge in [-0.1, -0.05) is 30.3 Å². The van der Waals surface area contributed by atoms with Crippen molar-refractivity contribution in [1.29, 1.82) is 0 Å². The highest BCUT2D eigenvalue weighted by Gasteiger charge is 2.30. The van der Waals surface area contributed by atoms with Crippen molar-refractivity contribution in [1.82, 2.24) is 10.3 Å². The standard InChI is InChI=1S/C18H15N3O2S/c22-16-9-12(11-5-1-2-6-13(11)20-16)18(23)19-10-17-21-14-7-3-4-8-15(14)24-17/h1-8,12H,9-10H2,(H,19,23)(H,20,22). The van der Waals surface area contributed by atoms with Crippen LogP contribution in [0.15, 0.2) is 48.5 Å². The smallest absolute Gasteiger partial charge is 0.228 e. The van der Waals surface area contributed by atoms with E-state index in [1.807, 2.05) is 48.5 Å². The first-order valence-corrected chi connectivity index (χ1v) is 8.53. The second-order valence-electron chi connectivity index (χ2n) is 5.69. The lowest BCUT2D eigenvalue weighted by Gasteiger charge is -2.24. The van der Waals surface area contributed by atoms with Gasteiger partial charge in [0.15, 0.2) is 0 Å². The summed E-state index contributed by atoms with van der Waals surface area (Å²) in [5.41, 5.74) is 2.52. The van der Waals surface area contributed by atoms with E-state index in [2.05, 4.69) is 15.6 Å². The molecule has 2 amide bonds. The zero-order chi connectivity index (χ0) is 16.5. The first-order chi connectivity index (χ1) is 11.7. The Labute approximate surface area is 142 Å². The van der Waals surface area contributed by atoms with Crippen LogP contribution in [0.4, 0.5) is 5.69 Å². The van der Waals surface area contributed by atoms with Gasteiger partial charge in [0.1, 0.15) is 5.01 Å². The van der Waals surface area contributed by atoms with Crippen LogP contribution in [-0.4, -0.2) is 16.8 Å². The first kappa shape index (κ1) is 14.8. The van der Waals surface area contributed by atoms with E-state index in [0.29, 0.717) is 12.2 Å². The fourth-order valence-electron chi connectivity index (χ4n) is 2.93. The summed E-state index contributed by atoms with van der Waals surface area (Å²) in [7, 11) is 0. The lowest BCUT2D eigenvalue weighted by atomic mass is 9.90. The van der Waals surface area contributed by atoms with Crippen LogP contribution in [0.1, 0.15) is 22.9 Å². The second-order valence-corrected chi connectivity index (χ2v) is 6.80. The number of carbonyl (C=O) groups excluding carboxylic acids is 2. The van der Waals surface area contributed by atoms with Crippen molar-refractivity contribution >= 4 is 39.1 Å². The highest BCUT2D eigenvalue weighted by atomic mass is 32.1. The average molecular weight is 337 g/mol. The number of aromatic nitrogens is 1. The summed E-state index contributed by atoms with van der Waals surface area (Å²) in [6, 6.07) is 15.3. The van der Waals surface area contributed by atoms with Crippen LogP contribution in [0.3, 0.4) is 0 Å². The number of fused-ring (bicyclic) bond motifs is 2. The molecule has 1 aromatic heterocycles. The lowest BCUT2D eigenvalue weighted by molar-refractivity contribution is -0.126. The fourth-order valence-corrected chi connectivity index (χ4v) is 3.83. The van der Waals surface area contributed by atoms with Crippen LogP contribution in [0.5, 0.6) is 0 Å². The molecule has 1 atom stereocenters. The Morgan fingerprint density at radius 1 is 1.21 bits per heavy atom. The molecule has 0 spiro atoms. The summed E-state index contributed by atoms with van der Waals surface area (Å²) in [6.07, 6.45) is 0.169. The number of rotatable bonds is 3. The molecule has 0 saturated heterocycles. The maximum Gasteiger partial charge on any atom is 0.228 e. The Kier molecular flexibility index (Phi) is 3.74. The summed E-state index contributed by atoms with van der Waals surface area (Å²) in [5.74, 6) is -0.727. The minimum atomic E-state index is -0.454. The highest BCUT2D eigenvalue weighted by molar-refractivity contribution is 7.18. The van der Waals surface area contributed by atoms with Gasteiger partial charge in [-0.05, 0) is 23.8 Å². The van der Waals surface area contributed by atoms with Crippen molar-refractivity contribution in [3.05, 3.63) is 59.1 Å². The molecule has 2 heterocycles. The SMILES string of the molecule is O=C1CC(C(=O)NCc2nc3ccccc3s2)c2ccccc2N1. The molecular formula is C18H15N3O2S. The van der Waals surface area contributed by atoms with Gasteiger partial charge in [-0.15, -0.1) is 11.3 Å². The van der Waals surface area contributed by atoms with Crippen molar-refractivity contribution in [2.45, 2.75) is 18.9 Å². The molecule has 1 unspecified atom stereocenters. The molecule has 0 bridgehead atoms. The van der Waals surface area contributed by atoms with Crippen LogP contribution in [0.25, 0.3) is 10.2 Å². The Hall–Kier alpha value is -2.73. The van der Waals surface area contributed by atoms with E-state index in [4.69, 9.17) is 0 Å². The van der Waals surface area contributed by atoms with Gasteiger partial charge < -0.3 is 10.6 Å². The summed E-state index contributed by atoms with van der Waals surface area (Å²) in [4.78, 5) is 28.9. The number of benzene rings is 2. The van der Waals surface area contributed by atoms with Crippen molar-refractivity contribution in [2.75, 3.05) is 5.32 Å². The van der Waals surface area contributed by atoms with E-state index < -0.39 is 5.92 Å². The predicted molar refractivity (Wildman–Crippen MR) is 93.9 cm³/mol. The van der Waals surface area contributed by atoms with Crippen LogP contribution in [0, 0.1) is 0 Å². The number of anilines is 1. The Morgan fingerprint density at radius 2 is 2.00 bits per heavy atom. The molecular weight excluding hydrogens is 322 g/mol. The molecule has 0 fully saturated rings. The molecule has 0 aliphatic carbocycles. The third-order valence-corrected chi connectivity index (χ3v) is 5.10. The molecule has 120 valence electrons. The van der Waals surface area contributed by atoms with E-state index in [1.165, 1.54) is 0 Å². The van der Waals surface area contributed by atoms with Gasteiger partial charge in [0.25, 0.3) is 0 Å². The summed E-state index contributed by atoms with van der Waals surface area (Å²) < 4.78 is 1.10. The average Bonchev–Trinajstić information content (AvgIpc) is 3.02. The summed E-state index contributed by atoms with van der Waals surface area (Å²) in [6.45, 7) is 0.373. The van der Waals surface area contributed by atoms with E-state index >= 15 is 0 Å². The fraction of sp³-hybridized carbons (Fsp3) is 0.167. The number of amides is 2. The quantitative estimate of drug-likeness (QED) is 0.772. The van der Waals surface area contributed by atoms with Crippen LogP contribution < -0.4 is 10.6 Å². The zero-order valence-corrected chi connectivity index (χ0v) is 13.6. The largest absolute Gasteiger partial charge is 0.349 e. The zero-order valence-electron chi connectivity index (χ0n) is 12.8. The van der Waals surface area contributed by atoms with Gasteiger partial charge in [0, 0.05) is 12.1 Å². The van der Waals surface area contributed by atoms with Crippen LogP contribution in [0.2, 0.25) is 0 Å². The van der Waals surface area contributed by atoms with Gasteiger partial charge in [0.2, 0.25) is 11.8 Å². The van der Waals surface area contributed by atoms with Crippen LogP contribution in [-0.2, 0) is 16.1 Å². The number of hydrogen-bond acceptors (Lipinski definition) is 4. The molecule has 2 aromatic carbocycles. The molecule has 5 nitrogen and oxygen atoms in total. The van der Waals surface area contributed by atoms with Gasteiger partial charge in [-0.25, -0.2) is 4.98 Å². The topological polar surface area (TPSA) is 71.1 Å². The van der Waals surface area contributed by atoms with Gasteiger partial charge in [0.05, 0.1) is 22.7 Å². The minimum absolute atomic E-state index is 0.131. The van der Waals surface area contributed by atoms with Crippen LogP contribution >= 0.6 is 11.3 Å². The van der Waals surface area contributed by atoms with E-state index in [9.17, 15) is 9.59 Å².